The largest absolute Gasteiger partial charge is 0.342 e. The fraction of sp³-hybridized carbons (Fsp3) is 0.833. The molecule has 0 aliphatic heterocycles. The zero-order valence-corrected chi connectivity index (χ0v) is 5.97. The first-order valence-electron chi connectivity index (χ1n) is 2.79. The average molecular weight is 129 g/mol. The minimum Gasteiger partial charge on any atom is -0.342 e. The third kappa shape index (κ3) is 2.45. The Morgan fingerprint density at radius 1 is 1.67 bits per heavy atom. The van der Waals surface area contributed by atoms with Crippen molar-refractivity contribution < 1.29 is 9.47 Å². The third-order valence-electron chi connectivity index (χ3n) is 1.01. The lowest BCUT2D eigenvalue weighted by molar-refractivity contribution is -0.165. The molecule has 1 unspecified atom stereocenters. The molecule has 0 saturated heterocycles. The topological polar surface area (TPSA) is 42.2 Å². The summed E-state index contributed by atoms with van der Waals surface area (Å²) in [6.07, 6.45) is 0. The predicted molar refractivity (Wildman–Crippen MR) is 32.7 cm³/mol. The van der Waals surface area contributed by atoms with E-state index in [1.807, 2.05) is 13.0 Å². The first-order chi connectivity index (χ1) is 4.18. The smallest absolute Gasteiger partial charge is 0.256 e. The van der Waals surface area contributed by atoms with Gasteiger partial charge in [-0.2, -0.15) is 5.26 Å². The van der Waals surface area contributed by atoms with Gasteiger partial charge in [0.25, 0.3) is 5.79 Å². The fourth-order valence-electron chi connectivity index (χ4n) is 0.412. The summed E-state index contributed by atoms with van der Waals surface area (Å²) in [5.74, 6) is -1.06. The second-order valence-electron chi connectivity index (χ2n) is 1.69. The Hall–Kier alpha value is -0.590. The van der Waals surface area contributed by atoms with Crippen molar-refractivity contribution in [2.45, 2.75) is 19.6 Å². The summed E-state index contributed by atoms with van der Waals surface area (Å²) >= 11 is 0. The van der Waals surface area contributed by atoms with E-state index in [2.05, 4.69) is 0 Å². The molecule has 0 aliphatic rings. The molecule has 3 heteroatoms. The van der Waals surface area contributed by atoms with Crippen LogP contribution in [0.15, 0.2) is 0 Å². The van der Waals surface area contributed by atoms with E-state index in [0.29, 0.717) is 6.61 Å². The van der Waals surface area contributed by atoms with Crippen LogP contribution in [-0.4, -0.2) is 19.5 Å². The van der Waals surface area contributed by atoms with Gasteiger partial charge < -0.3 is 9.47 Å². The standard InChI is InChI=1S/C6H11NO2/c1-4-9-6(2,5-7)8-3/h4H2,1-3H3. The molecule has 0 aromatic carbocycles. The predicted octanol–water partition coefficient (Wildman–Crippen LogP) is 0.909. The lowest BCUT2D eigenvalue weighted by atomic mass is 10.4. The van der Waals surface area contributed by atoms with Gasteiger partial charge in [-0.1, -0.05) is 0 Å². The van der Waals surface area contributed by atoms with Gasteiger partial charge in [0.05, 0.1) is 0 Å². The zero-order valence-electron chi connectivity index (χ0n) is 5.97. The van der Waals surface area contributed by atoms with Gasteiger partial charge in [-0.05, 0) is 6.92 Å². The third-order valence-corrected chi connectivity index (χ3v) is 1.01. The monoisotopic (exact) mass is 129 g/mol. The van der Waals surface area contributed by atoms with Crippen LogP contribution in [0.25, 0.3) is 0 Å². The maximum atomic E-state index is 8.42. The van der Waals surface area contributed by atoms with Crippen LogP contribution in [0.3, 0.4) is 0 Å². The van der Waals surface area contributed by atoms with Crippen LogP contribution < -0.4 is 0 Å². The number of hydrogen-bond acceptors (Lipinski definition) is 3. The van der Waals surface area contributed by atoms with Gasteiger partial charge in [0.15, 0.2) is 0 Å². The summed E-state index contributed by atoms with van der Waals surface area (Å²) in [5.41, 5.74) is 0. The van der Waals surface area contributed by atoms with Crippen LogP contribution in [0.5, 0.6) is 0 Å². The molecule has 0 fully saturated rings. The molecule has 0 aromatic rings. The molecule has 0 amide bonds. The summed E-state index contributed by atoms with van der Waals surface area (Å²) < 4.78 is 9.69. The molecule has 0 rings (SSSR count). The Labute approximate surface area is 55.2 Å². The van der Waals surface area contributed by atoms with E-state index < -0.39 is 5.79 Å². The molecule has 0 aromatic heterocycles. The van der Waals surface area contributed by atoms with Gasteiger partial charge in [0, 0.05) is 20.6 Å². The molecule has 52 valence electrons. The van der Waals surface area contributed by atoms with Crippen LogP contribution >= 0.6 is 0 Å². The van der Waals surface area contributed by atoms with Crippen LogP contribution in [0.2, 0.25) is 0 Å². The lowest BCUT2D eigenvalue weighted by Crippen LogP contribution is -2.28. The van der Waals surface area contributed by atoms with Gasteiger partial charge in [-0.15, -0.1) is 0 Å². The van der Waals surface area contributed by atoms with E-state index in [4.69, 9.17) is 14.7 Å². The van der Waals surface area contributed by atoms with Crippen molar-refractivity contribution in [3.8, 4) is 6.07 Å². The highest BCUT2D eigenvalue weighted by molar-refractivity contribution is 4.89. The zero-order chi connectivity index (χ0) is 7.33. The van der Waals surface area contributed by atoms with E-state index in [9.17, 15) is 0 Å². The van der Waals surface area contributed by atoms with Crippen LogP contribution in [0.4, 0.5) is 0 Å². The number of ether oxygens (including phenoxy) is 2. The SMILES string of the molecule is CCOC(C)(C#N)OC. The summed E-state index contributed by atoms with van der Waals surface area (Å²) in [6, 6.07) is 1.88. The highest BCUT2D eigenvalue weighted by Crippen LogP contribution is 2.07. The molecule has 0 radical (unpaired) electrons. The summed E-state index contributed by atoms with van der Waals surface area (Å²) in [6.45, 7) is 3.88. The Morgan fingerprint density at radius 3 is 2.33 bits per heavy atom. The molecule has 3 nitrogen and oxygen atoms in total. The van der Waals surface area contributed by atoms with Gasteiger partial charge >= 0.3 is 0 Å². The molecule has 0 saturated carbocycles. The average Bonchev–Trinajstić information content (AvgIpc) is 1.89. The van der Waals surface area contributed by atoms with Gasteiger partial charge in [-0.3, -0.25) is 0 Å². The normalized spacial score (nSPS) is 16.2. The number of hydrogen-bond donors (Lipinski definition) is 0. The maximum Gasteiger partial charge on any atom is 0.256 e. The van der Waals surface area contributed by atoms with Gasteiger partial charge in [0.1, 0.15) is 6.07 Å². The lowest BCUT2D eigenvalue weighted by Gasteiger charge is -2.18. The van der Waals surface area contributed by atoms with Crippen molar-refractivity contribution in [3.63, 3.8) is 0 Å². The van der Waals surface area contributed by atoms with Crippen LogP contribution in [0, 0.1) is 11.3 Å². The van der Waals surface area contributed by atoms with Crippen molar-refractivity contribution in [2.75, 3.05) is 13.7 Å². The molecule has 0 heterocycles. The maximum absolute atomic E-state index is 8.42. The number of methoxy groups -OCH3 is 1. The molecule has 0 bridgehead atoms. The second-order valence-corrected chi connectivity index (χ2v) is 1.69. The van der Waals surface area contributed by atoms with Gasteiger partial charge in [0.2, 0.25) is 0 Å². The van der Waals surface area contributed by atoms with Crippen LogP contribution in [0.1, 0.15) is 13.8 Å². The fourth-order valence-corrected chi connectivity index (χ4v) is 0.412. The van der Waals surface area contributed by atoms with E-state index in [1.165, 1.54) is 7.11 Å². The molecule has 0 N–H and O–H groups in total. The first kappa shape index (κ1) is 8.41. The molecule has 0 spiro atoms. The van der Waals surface area contributed by atoms with E-state index in [-0.39, 0.29) is 0 Å². The van der Waals surface area contributed by atoms with Crippen LogP contribution in [-0.2, 0) is 9.47 Å². The minimum atomic E-state index is -1.06. The minimum absolute atomic E-state index is 0.484. The Balaban J connectivity index is 3.81. The molecular weight excluding hydrogens is 118 g/mol. The highest BCUT2D eigenvalue weighted by atomic mass is 16.7. The van der Waals surface area contributed by atoms with E-state index in [1.54, 1.807) is 6.92 Å². The highest BCUT2D eigenvalue weighted by Gasteiger charge is 2.21. The van der Waals surface area contributed by atoms with E-state index in [0.717, 1.165) is 0 Å². The van der Waals surface area contributed by atoms with Crippen molar-refractivity contribution >= 4 is 0 Å². The van der Waals surface area contributed by atoms with Crippen molar-refractivity contribution in [1.29, 1.82) is 5.26 Å². The molecule has 9 heavy (non-hydrogen) atoms. The molecular formula is C6H11NO2. The number of nitrogens with zero attached hydrogens (tertiary/aromatic N) is 1. The summed E-state index contributed by atoms with van der Waals surface area (Å²) in [5, 5.41) is 8.42. The molecule has 1 atom stereocenters. The van der Waals surface area contributed by atoms with Gasteiger partial charge in [-0.25, -0.2) is 0 Å². The number of rotatable bonds is 3. The van der Waals surface area contributed by atoms with Crippen molar-refractivity contribution in [1.82, 2.24) is 0 Å². The van der Waals surface area contributed by atoms with Crippen molar-refractivity contribution in [3.05, 3.63) is 0 Å². The number of nitriles is 1. The Bertz CT molecular complexity index is 119. The van der Waals surface area contributed by atoms with Crippen molar-refractivity contribution in [2.24, 2.45) is 0 Å². The Morgan fingerprint density at radius 2 is 2.22 bits per heavy atom. The summed E-state index contributed by atoms with van der Waals surface area (Å²) in [7, 11) is 1.44. The first-order valence-corrected chi connectivity index (χ1v) is 2.79. The Kier molecular flexibility index (Phi) is 3.21. The second kappa shape index (κ2) is 3.44. The van der Waals surface area contributed by atoms with E-state index >= 15 is 0 Å². The summed E-state index contributed by atoms with van der Waals surface area (Å²) in [4.78, 5) is 0. The molecule has 0 aliphatic carbocycles. The quantitative estimate of drug-likeness (QED) is 0.532.